The van der Waals surface area contributed by atoms with Gasteiger partial charge in [-0.3, -0.25) is 9.59 Å². The van der Waals surface area contributed by atoms with Gasteiger partial charge in [0.2, 0.25) is 5.43 Å². The van der Waals surface area contributed by atoms with E-state index in [0.717, 1.165) is 11.1 Å². The predicted molar refractivity (Wildman–Crippen MR) is 80.8 cm³/mol. The second-order valence-corrected chi connectivity index (χ2v) is 5.22. The third kappa shape index (κ3) is 2.18. The molecule has 1 N–H and O–H groups in total. The molecule has 4 nitrogen and oxygen atoms in total. The molecule has 0 aliphatic heterocycles. The fourth-order valence-electron chi connectivity index (χ4n) is 2.48. The molecule has 1 heterocycles. The maximum Gasteiger partial charge on any atom is 0.307 e. The molecule has 2 aromatic carbocycles. The fraction of sp³-hybridized carbons (Fsp3) is 0.176. The van der Waals surface area contributed by atoms with Crippen molar-refractivity contribution in [1.29, 1.82) is 0 Å². The first-order valence-corrected chi connectivity index (χ1v) is 6.65. The van der Waals surface area contributed by atoms with Crippen LogP contribution in [0, 0.1) is 13.8 Å². The minimum Gasteiger partial charge on any atom is -0.481 e. The van der Waals surface area contributed by atoms with E-state index in [1.54, 1.807) is 24.3 Å². The molecule has 0 bridgehead atoms. The Bertz CT molecular complexity index is 935. The Kier molecular flexibility index (Phi) is 3.01. The second-order valence-electron chi connectivity index (χ2n) is 5.22. The zero-order valence-corrected chi connectivity index (χ0v) is 11.8. The minimum absolute atomic E-state index is 0.111. The largest absolute Gasteiger partial charge is 0.481 e. The van der Waals surface area contributed by atoms with Gasteiger partial charge in [-0.15, -0.1) is 0 Å². The molecule has 4 heteroatoms. The van der Waals surface area contributed by atoms with E-state index in [2.05, 4.69) is 0 Å². The molecule has 0 amide bonds. The normalized spacial score (nSPS) is 11.1. The number of hydrogen-bond acceptors (Lipinski definition) is 3. The molecule has 0 atom stereocenters. The molecule has 0 saturated carbocycles. The number of carbonyl (C=O) groups is 1. The van der Waals surface area contributed by atoms with E-state index in [9.17, 15) is 9.59 Å². The molecule has 3 aromatic rings. The van der Waals surface area contributed by atoms with E-state index in [1.807, 2.05) is 19.9 Å². The van der Waals surface area contributed by atoms with Gasteiger partial charge < -0.3 is 9.52 Å². The summed E-state index contributed by atoms with van der Waals surface area (Å²) in [6.07, 6.45) is -0.111. The van der Waals surface area contributed by atoms with Gasteiger partial charge in [-0.25, -0.2) is 0 Å². The van der Waals surface area contributed by atoms with Crippen molar-refractivity contribution in [2.45, 2.75) is 20.3 Å². The molecule has 1 aromatic heterocycles. The van der Waals surface area contributed by atoms with E-state index in [4.69, 9.17) is 9.52 Å². The summed E-state index contributed by atoms with van der Waals surface area (Å²) in [6, 6.07) is 8.59. The van der Waals surface area contributed by atoms with E-state index in [-0.39, 0.29) is 11.8 Å². The summed E-state index contributed by atoms with van der Waals surface area (Å²) >= 11 is 0. The quantitative estimate of drug-likeness (QED) is 0.733. The Hall–Kier alpha value is -2.62. The standard InChI is InChI=1S/C17H14O4/c1-9-3-5-12-16(20)13-7-11(8-15(18)19)4-6-14(13)21-17(12)10(9)2/h3-7H,8H2,1-2H3,(H,18,19). The Morgan fingerprint density at radius 3 is 2.62 bits per heavy atom. The van der Waals surface area contributed by atoms with Crippen molar-refractivity contribution in [2.75, 3.05) is 0 Å². The number of hydrogen-bond donors (Lipinski definition) is 1. The Labute approximate surface area is 120 Å². The minimum atomic E-state index is -0.925. The number of aliphatic carboxylic acids is 1. The first-order valence-electron chi connectivity index (χ1n) is 6.65. The molecular formula is C17H14O4. The van der Waals surface area contributed by atoms with E-state index in [0.29, 0.717) is 27.5 Å². The fourth-order valence-corrected chi connectivity index (χ4v) is 2.48. The molecule has 0 fully saturated rings. The van der Waals surface area contributed by atoms with Crippen molar-refractivity contribution in [3.05, 3.63) is 57.2 Å². The zero-order valence-electron chi connectivity index (χ0n) is 11.8. The maximum atomic E-state index is 12.6. The molecule has 0 unspecified atom stereocenters. The van der Waals surface area contributed by atoms with Crippen molar-refractivity contribution < 1.29 is 14.3 Å². The summed E-state index contributed by atoms with van der Waals surface area (Å²) in [5.41, 5.74) is 3.55. The van der Waals surface area contributed by atoms with Crippen molar-refractivity contribution in [3.8, 4) is 0 Å². The first kappa shape index (κ1) is 13.4. The number of rotatable bonds is 2. The highest BCUT2D eigenvalue weighted by Crippen LogP contribution is 2.24. The number of fused-ring (bicyclic) bond motifs is 2. The van der Waals surface area contributed by atoms with Gasteiger partial charge in [-0.2, -0.15) is 0 Å². The highest BCUT2D eigenvalue weighted by atomic mass is 16.4. The number of aryl methyl sites for hydroxylation is 2. The highest BCUT2D eigenvalue weighted by Gasteiger charge is 2.12. The van der Waals surface area contributed by atoms with Crippen LogP contribution < -0.4 is 5.43 Å². The summed E-state index contributed by atoms with van der Waals surface area (Å²) in [7, 11) is 0. The van der Waals surface area contributed by atoms with Gasteiger partial charge in [-0.1, -0.05) is 12.1 Å². The van der Waals surface area contributed by atoms with Crippen molar-refractivity contribution >= 4 is 27.9 Å². The summed E-state index contributed by atoms with van der Waals surface area (Å²) in [5, 5.41) is 9.79. The summed E-state index contributed by atoms with van der Waals surface area (Å²) in [4.78, 5) is 23.4. The van der Waals surface area contributed by atoms with E-state index < -0.39 is 5.97 Å². The lowest BCUT2D eigenvalue weighted by atomic mass is 10.0. The second kappa shape index (κ2) is 4.74. The number of carboxylic acids is 1. The Morgan fingerprint density at radius 1 is 1.14 bits per heavy atom. The summed E-state index contributed by atoms with van der Waals surface area (Å²) in [6.45, 7) is 3.89. The molecular weight excluding hydrogens is 268 g/mol. The average Bonchev–Trinajstić information content (AvgIpc) is 2.44. The highest BCUT2D eigenvalue weighted by molar-refractivity contribution is 5.92. The molecule has 3 rings (SSSR count). The molecule has 0 spiro atoms. The third-order valence-electron chi connectivity index (χ3n) is 3.78. The van der Waals surface area contributed by atoms with Crippen LogP contribution in [0.5, 0.6) is 0 Å². The molecule has 0 aliphatic rings. The van der Waals surface area contributed by atoms with Gasteiger partial charge in [0, 0.05) is 0 Å². The molecule has 21 heavy (non-hydrogen) atoms. The monoisotopic (exact) mass is 282 g/mol. The predicted octanol–water partition coefficient (Wildman–Crippen LogP) is 3.19. The smallest absolute Gasteiger partial charge is 0.307 e. The van der Waals surface area contributed by atoms with Gasteiger partial charge in [-0.05, 0) is 48.7 Å². The van der Waals surface area contributed by atoms with Crippen LogP contribution >= 0.6 is 0 Å². The van der Waals surface area contributed by atoms with Gasteiger partial charge in [0.25, 0.3) is 0 Å². The number of benzene rings is 2. The summed E-state index contributed by atoms with van der Waals surface area (Å²) < 4.78 is 5.85. The van der Waals surface area contributed by atoms with Crippen LogP contribution in [0.25, 0.3) is 21.9 Å². The van der Waals surface area contributed by atoms with Crippen molar-refractivity contribution in [1.82, 2.24) is 0 Å². The van der Waals surface area contributed by atoms with Gasteiger partial charge in [0.1, 0.15) is 11.2 Å². The van der Waals surface area contributed by atoms with Crippen molar-refractivity contribution in [2.24, 2.45) is 0 Å². The van der Waals surface area contributed by atoms with E-state index in [1.165, 1.54) is 0 Å². The van der Waals surface area contributed by atoms with Crippen molar-refractivity contribution in [3.63, 3.8) is 0 Å². The molecule has 0 aliphatic carbocycles. The van der Waals surface area contributed by atoms with Gasteiger partial charge in [0.05, 0.1) is 17.2 Å². The third-order valence-corrected chi connectivity index (χ3v) is 3.78. The van der Waals surface area contributed by atoms with Crippen LogP contribution in [0.2, 0.25) is 0 Å². The maximum absolute atomic E-state index is 12.6. The van der Waals surface area contributed by atoms with Crippen LogP contribution in [-0.4, -0.2) is 11.1 Å². The molecule has 0 radical (unpaired) electrons. The topological polar surface area (TPSA) is 67.5 Å². The van der Waals surface area contributed by atoms with Crippen LogP contribution in [0.4, 0.5) is 0 Å². The average molecular weight is 282 g/mol. The van der Waals surface area contributed by atoms with Crippen LogP contribution in [0.1, 0.15) is 16.7 Å². The number of carboxylic acid groups (broad SMARTS) is 1. The van der Waals surface area contributed by atoms with Crippen LogP contribution in [0.15, 0.2) is 39.5 Å². The van der Waals surface area contributed by atoms with Crippen LogP contribution in [-0.2, 0) is 11.2 Å². The first-order chi connectivity index (χ1) is 9.97. The Balaban J connectivity index is 2.37. The molecule has 0 saturated heterocycles. The SMILES string of the molecule is Cc1ccc2c(=O)c3cc(CC(=O)O)ccc3oc2c1C. The lowest BCUT2D eigenvalue weighted by Crippen LogP contribution is -2.05. The van der Waals surface area contributed by atoms with Gasteiger partial charge >= 0.3 is 5.97 Å². The Morgan fingerprint density at radius 2 is 1.90 bits per heavy atom. The summed E-state index contributed by atoms with van der Waals surface area (Å²) in [5.74, 6) is -0.925. The van der Waals surface area contributed by atoms with E-state index >= 15 is 0 Å². The van der Waals surface area contributed by atoms with Gasteiger partial charge in [0.15, 0.2) is 0 Å². The lowest BCUT2D eigenvalue weighted by Gasteiger charge is -2.07. The zero-order chi connectivity index (χ0) is 15.1. The molecule has 106 valence electrons. The van der Waals surface area contributed by atoms with Crippen LogP contribution in [0.3, 0.4) is 0 Å². The lowest BCUT2D eigenvalue weighted by molar-refractivity contribution is -0.136.